The first-order valence-electron chi connectivity index (χ1n) is 9.26. The molecule has 24 heavy (non-hydrogen) atoms. The van der Waals surface area contributed by atoms with E-state index in [4.69, 9.17) is 9.47 Å². The topological polar surface area (TPSA) is 59.1 Å². The molecule has 2 aliphatic heterocycles. The molecule has 3 aliphatic rings. The third-order valence-corrected chi connectivity index (χ3v) is 5.24. The number of hydrogen-bond donors (Lipinski definition) is 0. The molecule has 0 radical (unpaired) electrons. The molecule has 0 aromatic carbocycles. The van der Waals surface area contributed by atoms with Gasteiger partial charge in [-0.25, -0.2) is 4.79 Å². The summed E-state index contributed by atoms with van der Waals surface area (Å²) in [5.41, 5.74) is -0.469. The maximum atomic E-state index is 12.4. The van der Waals surface area contributed by atoms with Crippen LogP contribution in [0.5, 0.6) is 0 Å². The Hall–Kier alpha value is -1.30. The molecule has 0 aromatic heterocycles. The van der Waals surface area contributed by atoms with Gasteiger partial charge in [0.05, 0.1) is 12.1 Å². The van der Waals surface area contributed by atoms with Gasteiger partial charge in [-0.3, -0.25) is 4.79 Å². The van der Waals surface area contributed by atoms with E-state index in [1.54, 1.807) is 4.90 Å². The smallest absolute Gasteiger partial charge is 0.410 e. The summed E-state index contributed by atoms with van der Waals surface area (Å²) in [5, 5.41) is 0. The average Bonchev–Trinajstić information content (AvgIpc) is 2.53. The zero-order valence-electron chi connectivity index (χ0n) is 15.1. The highest BCUT2D eigenvalue weighted by atomic mass is 16.6. The van der Waals surface area contributed by atoms with E-state index in [0.717, 1.165) is 25.7 Å². The van der Waals surface area contributed by atoms with Crippen LogP contribution in [0.3, 0.4) is 0 Å². The minimum Gasteiger partial charge on any atom is -0.444 e. The van der Waals surface area contributed by atoms with Crippen molar-refractivity contribution >= 4 is 12.0 Å². The van der Waals surface area contributed by atoms with Crippen LogP contribution in [0, 0.1) is 0 Å². The average molecular weight is 338 g/mol. The van der Waals surface area contributed by atoms with E-state index in [0.29, 0.717) is 13.1 Å². The van der Waals surface area contributed by atoms with E-state index in [1.165, 1.54) is 12.8 Å². The molecule has 3 rings (SSSR count). The Morgan fingerprint density at radius 1 is 1.12 bits per heavy atom. The molecule has 2 saturated heterocycles. The molecule has 0 N–H and O–H groups in total. The largest absolute Gasteiger partial charge is 0.444 e. The Morgan fingerprint density at radius 3 is 2.46 bits per heavy atom. The van der Waals surface area contributed by atoms with Gasteiger partial charge in [-0.05, 0) is 46.5 Å². The predicted molar refractivity (Wildman–Crippen MR) is 89.7 cm³/mol. The van der Waals surface area contributed by atoms with E-state index in [9.17, 15) is 9.59 Å². The van der Waals surface area contributed by atoms with Crippen molar-refractivity contribution in [3.63, 3.8) is 0 Å². The lowest BCUT2D eigenvalue weighted by atomic mass is 9.87. The maximum absolute atomic E-state index is 12.4. The van der Waals surface area contributed by atoms with Gasteiger partial charge in [-0.1, -0.05) is 12.8 Å². The normalized spacial score (nSPS) is 29.4. The van der Waals surface area contributed by atoms with Gasteiger partial charge in [-0.15, -0.1) is 0 Å². The van der Waals surface area contributed by atoms with E-state index in [-0.39, 0.29) is 36.8 Å². The number of carbonyl (C=O) groups excluding carboxylic acids is 2. The fourth-order valence-electron chi connectivity index (χ4n) is 4.16. The third kappa shape index (κ3) is 3.85. The molecule has 1 saturated carbocycles. The van der Waals surface area contributed by atoms with Gasteiger partial charge >= 0.3 is 6.09 Å². The van der Waals surface area contributed by atoms with E-state index in [1.807, 2.05) is 20.8 Å². The van der Waals surface area contributed by atoms with Crippen LogP contribution in [0.2, 0.25) is 0 Å². The lowest BCUT2D eigenvalue weighted by Gasteiger charge is -2.49. The second-order valence-electron chi connectivity index (χ2n) is 8.20. The number of nitrogens with zero attached hydrogens (tertiary/aromatic N) is 2. The number of fused-ring (bicyclic) bond motifs is 1. The highest BCUT2D eigenvalue weighted by Gasteiger charge is 2.42. The zero-order chi connectivity index (χ0) is 17.3. The van der Waals surface area contributed by atoms with Crippen molar-refractivity contribution < 1.29 is 19.1 Å². The number of amides is 2. The number of hydrogen-bond acceptors (Lipinski definition) is 4. The van der Waals surface area contributed by atoms with Crippen molar-refractivity contribution in [1.29, 1.82) is 0 Å². The monoisotopic (exact) mass is 338 g/mol. The lowest BCUT2D eigenvalue weighted by molar-refractivity contribution is -0.166. The number of ether oxygens (including phenoxy) is 2. The number of piperidine rings is 1. The van der Waals surface area contributed by atoms with Crippen LogP contribution in [0.15, 0.2) is 0 Å². The van der Waals surface area contributed by atoms with Gasteiger partial charge in [0.15, 0.2) is 0 Å². The maximum Gasteiger partial charge on any atom is 0.410 e. The molecule has 2 amide bonds. The van der Waals surface area contributed by atoms with E-state index < -0.39 is 5.60 Å². The molecule has 2 heterocycles. The van der Waals surface area contributed by atoms with Crippen molar-refractivity contribution in [1.82, 2.24) is 9.80 Å². The Balaban J connectivity index is 1.59. The fraction of sp³-hybridized carbons (Fsp3) is 0.889. The summed E-state index contributed by atoms with van der Waals surface area (Å²) in [6.45, 7) is 7.17. The molecule has 0 bridgehead atoms. The first kappa shape index (κ1) is 17.5. The summed E-state index contributed by atoms with van der Waals surface area (Å²) in [4.78, 5) is 28.5. The molecular weight excluding hydrogens is 308 g/mol. The van der Waals surface area contributed by atoms with E-state index >= 15 is 0 Å². The number of rotatable bonds is 1. The summed E-state index contributed by atoms with van der Waals surface area (Å²) in [6, 6.07) is 0.462. The van der Waals surface area contributed by atoms with Crippen LogP contribution >= 0.6 is 0 Å². The quantitative estimate of drug-likeness (QED) is 0.737. The van der Waals surface area contributed by atoms with Crippen molar-refractivity contribution in [2.45, 2.75) is 83.1 Å². The van der Waals surface area contributed by atoms with Gasteiger partial charge in [0, 0.05) is 19.1 Å². The summed E-state index contributed by atoms with van der Waals surface area (Å²) in [5.74, 6) is 0.119. The van der Waals surface area contributed by atoms with Gasteiger partial charge in [0.25, 0.3) is 0 Å². The minimum atomic E-state index is -0.469. The van der Waals surface area contributed by atoms with Crippen molar-refractivity contribution in [2.75, 3.05) is 19.7 Å². The molecule has 0 spiro atoms. The lowest BCUT2D eigenvalue weighted by Crippen LogP contribution is -2.61. The molecule has 136 valence electrons. The Kier molecular flexibility index (Phi) is 5.04. The molecule has 1 unspecified atom stereocenters. The van der Waals surface area contributed by atoms with Crippen LogP contribution in [0.4, 0.5) is 4.79 Å². The molecule has 1 aliphatic carbocycles. The zero-order valence-corrected chi connectivity index (χ0v) is 15.1. The molecule has 6 nitrogen and oxygen atoms in total. The summed E-state index contributed by atoms with van der Waals surface area (Å²) in [7, 11) is 0. The molecular formula is C18H30N2O4. The number of likely N-dealkylation sites (tertiary alicyclic amines) is 1. The fourth-order valence-corrected chi connectivity index (χ4v) is 4.16. The van der Waals surface area contributed by atoms with Crippen LogP contribution in [0.1, 0.15) is 59.3 Å². The Bertz CT molecular complexity index is 480. The summed E-state index contributed by atoms with van der Waals surface area (Å²) >= 11 is 0. The highest BCUT2D eigenvalue weighted by molar-refractivity contribution is 5.79. The van der Waals surface area contributed by atoms with Crippen LogP contribution < -0.4 is 0 Å². The Labute approximate surface area is 144 Å². The molecule has 3 fully saturated rings. The van der Waals surface area contributed by atoms with Gasteiger partial charge in [-0.2, -0.15) is 0 Å². The second-order valence-corrected chi connectivity index (χ2v) is 8.20. The van der Waals surface area contributed by atoms with Gasteiger partial charge in [0.1, 0.15) is 12.2 Å². The standard InChI is InChI=1S/C18H30N2O4/c1-18(2,3)24-17(22)19-10-8-13(9-11-19)20-14-6-4-5-7-15(14)23-12-16(20)21/h13-15H,4-12H2,1-3H3/t14?,15-/m1/s1. The molecule has 2 atom stereocenters. The molecule has 0 aromatic rings. The summed E-state index contributed by atoms with van der Waals surface area (Å²) < 4.78 is 11.2. The van der Waals surface area contributed by atoms with Crippen LogP contribution in [0.25, 0.3) is 0 Å². The predicted octanol–water partition coefficient (Wildman–Crippen LogP) is 2.56. The first-order chi connectivity index (χ1) is 11.3. The number of carbonyl (C=O) groups is 2. The third-order valence-electron chi connectivity index (χ3n) is 5.24. The SMILES string of the molecule is CC(C)(C)OC(=O)N1CCC(N2C(=O)CO[C@@H]3CCCCC32)CC1. The Morgan fingerprint density at radius 2 is 1.79 bits per heavy atom. The molecule has 6 heteroatoms. The second kappa shape index (κ2) is 6.90. The van der Waals surface area contributed by atoms with Crippen LogP contribution in [-0.2, 0) is 14.3 Å². The first-order valence-corrected chi connectivity index (χ1v) is 9.26. The van der Waals surface area contributed by atoms with Gasteiger partial charge < -0.3 is 19.3 Å². The van der Waals surface area contributed by atoms with Crippen LogP contribution in [-0.4, -0.2) is 65.3 Å². The van der Waals surface area contributed by atoms with Crippen molar-refractivity contribution in [3.05, 3.63) is 0 Å². The number of morpholine rings is 1. The summed E-state index contributed by atoms with van der Waals surface area (Å²) in [6.07, 6.45) is 6.09. The minimum absolute atomic E-state index is 0.119. The van der Waals surface area contributed by atoms with Gasteiger partial charge in [0.2, 0.25) is 5.91 Å². The van der Waals surface area contributed by atoms with Crippen molar-refractivity contribution in [2.24, 2.45) is 0 Å². The van der Waals surface area contributed by atoms with Crippen molar-refractivity contribution in [3.8, 4) is 0 Å². The van der Waals surface area contributed by atoms with E-state index in [2.05, 4.69) is 4.90 Å². The highest BCUT2D eigenvalue weighted by Crippen LogP contribution is 2.32.